The van der Waals surface area contributed by atoms with Crippen LogP contribution in [0.3, 0.4) is 0 Å². The van der Waals surface area contributed by atoms with Crippen LogP contribution in [0.15, 0.2) is 22.7 Å². The highest BCUT2D eigenvalue weighted by Gasteiger charge is 2.26. The number of para-hydroxylation sites is 1. The van der Waals surface area contributed by atoms with Gasteiger partial charge in [0, 0.05) is 6.04 Å². The Kier molecular flexibility index (Phi) is 5.91. The van der Waals surface area contributed by atoms with E-state index in [0.29, 0.717) is 12.0 Å². The molecule has 0 heterocycles. The molecule has 1 fully saturated rings. The van der Waals surface area contributed by atoms with Crippen LogP contribution in [0.4, 0.5) is 0 Å². The van der Waals surface area contributed by atoms with Crippen LogP contribution >= 0.6 is 15.9 Å². The van der Waals surface area contributed by atoms with Crippen molar-refractivity contribution in [2.75, 3.05) is 0 Å². The third kappa shape index (κ3) is 3.98. The van der Waals surface area contributed by atoms with Gasteiger partial charge in [-0.25, -0.2) is 0 Å². The van der Waals surface area contributed by atoms with Gasteiger partial charge in [0.15, 0.2) is 0 Å². The Bertz CT molecular complexity index is 433. The molecule has 0 aromatic heterocycles. The number of nitrogens with two attached hydrogens (primary N) is 1. The first-order valence-electron chi connectivity index (χ1n) is 7.81. The first-order chi connectivity index (χ1) is 9.61. The highest BCUT2D eigenvalue weighted by atomic mass is 79.9. The minimum atomic E-state index is 0.153. The van der Waals surface area contributed by atoms with Gasteiger partial charge in [-0.1, -0.05) is 25.5 Å². The van der Waals surface area contributed by atoms with E-state index in [9.17, 15) is 0 Å². The van der Waals surface area contributed by atoms with E-state index in [1.165, 1.54) is 37.7 Å². The molecule has 1 aromatic rings. The molecule has 3 atom stereocenters. The van der Waals surface area contributed by atoms with Crippen molar-refractivity contribution in [3.8, 4) is 5.75 Å². The van der Waals surface area contributed by atoms with E-state index < -0.39 is 0 Å². The molecule has 1 saturated carbocycles. The second kappa shape index (κ2) is 7.46. The van der Waals surface area contributed by atoms with Gasteiger partial charge >= 0.3 is 0 Å². The minimum absolute atomic E-state index is 0.153. The maximum atomic E-state index is 6.42. The smallest absolute Gasteiger partial charge is 0.137 e. The second-order valence-corrected chi connectivity index (χ2v) is 6.87. The first kappa shape index (κ1) is 15.8. The number of ether oxygens (including phenoxy) is 1. The van der Waals surface area contributed by atoms with Crippen molar-refractivity contribution in [2.45, 2.75) is 64.5 Å². The van der Waals surface area contributed by atoms with Gasteiger partial charge in [-0.3, -0.25) is 0 Å². The van der Waals surface area contributed by atoms with Crippen LogP contribution in [0.2, 0.25) is 0 Å². The fraction of sp³-hybridized carbons (Fsp3) is 0.647. The quantitative estimate of drug-likeness (QED) is 0.844. The fourth-order valence-electron chi connectivity index (χ4n) is 3.14. The maximum absolute atomic E-state index is 6.42. The van der Waals surface area contributed by atoms with Crippen molar-refractivity contribution in [3.63, 3.8) is 0 Å². The summed E-state index contributed by atoms with van der Waals surface area (Å²) < 4.78 is 7.47. The Morgan fingerprint density at radius 1 is 1.35 bits per heavy atom. The van der Waals surface area contributed by atoms with Crippen LogP contribution in [0.1, 0.15) is 51.5 Å². The lowest BCUT2D eigenvalue weighted by atomic mass is 9.84. The molecule has 2 nitrogen and oxygen atoms in total. The Morgan fingerprint density at radius 2 is 2.10 bits per heavy atom. The Morgan fingerprint density at radius 3 is 2.80 bits per heavy atom. The Hall–Kier alpha value is -0.540. The molecule has 0 radical (unpaired) electrons. The van der Waals surface area contributed by atoms with Gasteiger partial charge in [0.05, 0.1) is 4.47 Å². The molecule has 0 aliphatic heterocycles. The molecule has 112 valence electrons. The molecule has 1 aliphatic rings. The van der Waals surface area contributed by atoms with E-state index in [1.54, 1.807) is 0 Å². The number of hydrogen-bond donors (Lipinski definition) is 1. The van der Waals surface area contributed by atoms with Crippen molar-refractivity contribution >= 4 is 15.9 Å². The Balaban J connectivity index is 2.18. The molecule has 2 rings (SSSR count). The van der Waals surface area contributed by atoms with E-state index in [1.807, 2.05) is 6.92 Å². The van der Waals surface area contributed by atoms with Crippen molar-refractivity contribution in [3.05, 3.63) is 28.2 Å². The molecule has 3 heteroatoms. The summed E-state index contributed by atoms with van der Waals surface area (Å²) in [4.78, 5) is 0. The minimum Gasteiger partial charge on any atom is -0.489 e. The number of hydrogen-bond acceptors (Lipinski definition) is 2. The molecule has 1 aromatic carbocycles. The zero-order valence-corrected chi connectivity index (χ0v) is 14.2. The number of benzene rings is 1. The van der Waals surface area contributed by atoms with Crippen LogP contribution in [0.25, 0.3) is 0 Å². The summed E-state index contributed by atoms with van der Waals surface area (Å²) in [6.07, 6.45) is 7.54. The van der Waals surface area contributed by atoms with Crippen molar-refractivity contribution in [2.24, 2.45) is 11.7 Å². The highest BCUT2D eigenvalue weighted by Crippen LogP contribution is 2.36. The van der Waals surface area contributed by atoms with Gasteiger partial charge in [-0.05, 0) is 72.5 Å². The second-order valence-electron chi connectivity index (χ2n) is 6.02. The Labute approximate surface area is 131 Å². The molecule has 0 spiro atoms. The molecule has 0 saturated heterocycles. The summed E-state index contributed by atoms with van der Waals surface area (Å²) in [6.45, 7) is 4.31. The normalized spacial score (nSPS) is 24.4. The fourth-order valence-corrected chi connectivity index (χ4v) is 3.64. The van der Waals surface area contributed by atoms with E-state index in [4.69, 9.17) is 10.5 Å². The standard InChI is InChI=1S/C17H26BrNO/c1-3-13-7-4-5-10-16(13)20-17-14(11-12(2)19)8-6-9-15(17)18/h6,8-9,12-13,16H,3-5,7,10-11,19H2,1-2H3. The average molecular weight is 340 g/mol. The SMILES string of the molecule is CCC1CCCCC1Oc1c(Br)cccc1CC(C)N. The lowest BCUT2D eigenvalue weighted by Crippen LogP contribution is -2.30. The summed E-state index contributed by atoms with van der Waals surface area (Å²) in [7, 11) is 0. The summed E-state index contributed by atoms with van der Waals surface area (Å²) in [6, 6.07) is 6.41. The van der Waals surface area contributed by atoms with Gasteiger partial charge in [0.25, 0.3) is 0 Å². The third-order valence-electron chi connectivity index (χ3n) is 4.22. The molecular weight excluding hydrogens is 314 g/mol. The largest absolute Gasteiger partial charge is 0.489 e. The van der Waals surface area contributed by atoms with Crippen molar-refractivity contribution in [1.29, 1.82) is 0 Å². The molecule has 2 N–H and O–H groups in total. The van der Waals surface area contributed by atoms with E-state index >= 15 is 0 Å². The van der Waals surface area contributed by atoms with Gasteiger partial charge in [-0.15, -0.1) is 0 Å². The van der Waals surface area contributed by atoms with Gasteiger partial charge in [0.2, 0.25) is 0 Å². The van der Waals surface area contributed by atoms with Gasteiger partial charge < -0.3 is 10.5 Å². The summed E-state index contributed by atoms with van der Waals surface area (Å²) in [5.74, 6) is 1.70. The predicted molar refractivity (Wildman–Crippen MR) is 88.2 cm³/mol. The predicted octanol–water partition coefficient (Wildman–Crippen LogP) is 4.69. The third-order valence-corrected chi connectivity index (χ3v) is 4.85. The summed E-state index contributed by atoms with van der Waals surface area (Å²) in [5, 5.41) is 0. The van der Waals surface area contributed by atoms with Crippen LogP contribution in [-0.4, -0.2) is 12.1 Å². The molecular formula is C17H26BrNO. The zero-order valence-electron chi connectivity index (χ0n) is 12.6. The van der Waals surface area contributed by atoms with Gasteiger partial charge in [0.1, 0.15) is 11.9 Å². The molecule has 0 amide bonds. The highest BCUT2D eigenvalue weighted by molar-refractivity contribution is 9.10. The topological polar surface area (TPSA) is 35.2 Å². The average Bonchev–Trinajstić information content (AvgIpc) is 2.42. The van der Waals surface area contributed by atoms with Crippen LogP contribution in [0.5, 0.6) is 5.75 Å². The molecule has 20 heavy (non-hydrogen) atoms. The monoisotopic (exact) mass is 339 g/mol. The van der Waals surface area contributed by atoms with Crippen LogP contribution in [-0.2, 0) is 6.42 Å². The maximum Gasteiger partial charge on any atom is 0.137 e. The van der Waals surface area contributed by atoms with E-state index in [0.717, 1.165) is 16.6 Å². The van der Waals surface area contributed by atoms with Gasteiger partial charge in [-0.2, -0.15) is 0 Å². The number of rotatable bonds is 5. The molecule has 0 bridgehead atoms. The molecule has 1 aliphatic carbocycles. The molecule has 3 unspecified atom stereocenters. The van der Waals surface area contributed by atoms with E-state index in [-0.39, 0.29) is 6.04 Å². The first-order valence-corrected chi connectivity index (χ1v) is 8.60. The van der Waals surface area contributed by atoms with Crippen LogP contribution < -0.4 is 10.5 Å². The summed E-state index contributed by atoms with van der Waals surface area (Å²) in [5.41, 5.74) is 7.18. The lowest BCUT2D eigenvalue weighted by Gasteiger charge is -2.32. The number of halogens is 1. The summed E-state index contributed by atoms with van der Waals surface area (Å²) >= 11 is 3.64. The van der Waals surface area contributed by atoms with Crippen LogP contribution in [0, 0.1) is 5.92 Å². The van der Waals surface area contributed by atoms with Crippen molar-refractivity contribution in [1.82, 2.24) is 0 Å². The van der Waals surface area contributed by atoms with E-state index in [2.05, 4.69) is 41.1 Å². The van der Waals surface area contributed by atoms with Crippen molar-refractivity contribution < 1.29 is 4.74 Å². The zero-order chi connectivity index (χ0) is 14.5. The lowest BCUT2D eigenvalue weighted by molar-refractivity contribution is 0.0886.